The van der Waals surface area contributed by atoms with Crippen LogP contribution < -0.4 is 10.3 Å². The van der Waals surface area contributed by atoms with Crippen LogP contribution in [-0.2, 0) is 4.79 Å². The lowest BCUT2D eigenvalue weighted by atomic mass is 9.89. The molecule has 1 aromatic carbocycles. The summed E-state index contributed by atoms with van der Waals surface area (Å²) in [6, 6.07) is 9.89. The Kier molecular flexibility index (Phi) is 6.73. The van der Waals surface area contributed by atoms with Crippen LogP contribution in [0.5, 0.6) is 5.75 Å². The molecule has 28 heavy (non-hydrogen) atoms. The summed E-state index contributed by atoms with van der Waals surface area (Å²) in [4.78, 5) is 30.9. The summed E-state index contributed by atoms with van der Waals surface area (Å²) in [6.07, 6.45) is 5.68. The minimum Gasteiger partial charge on any atom is -0.494 e. The van der Waals surface area contributed by atoms with Crippen LogP contribution in [0.2, 0.25) is 0 Å². The zero-order valence-corrected chi connectivity index (χ0v) is 17.1. The summed E-state index contributed by atoms with van der Waals surface area (Å²) in [5, 5.41) is 0.932. The van der Waals surface area contributed by atoms with Crippen LogP contribution in [0.4, 0.5) is 0 Å². The van der Waals surface area contributed by atoms with E-state index in [1.54, 1.807) is 6.07 Å². The fourth-order valence-corrected chi connectivity index (χ4v) is 3.98. The molecule has 1 fully saturated rings. The van der Waals surface area contributed by atoms with Crippen molar-refractivity contribution >= 4 is 16.8 Å². The molecule has 0 radical (unpaired) electrons. The second-order valence-corrected chi connectivity index (χ2v) is 7.95. The smallest absolute Gasteiger partial charge is 0.248 e. The van der Waals surface area contributed by atoms with Crippen LogP contribution in [0.3, 0.4) is 0 Å². The van der Waals surface area contributed by atoms with E-state index < -0.39 is 0 Å². The number of aromatic nitrogens is 1. The number of rotatable bonds is 7. The maximum Gasteiger partial charge on any atom is 0.248 e. The number of nitrogens with zero attached hydrogens (tertiary/aromatic N) is 2. The largest absolute Gasteiger partial charge is 0.494 e. The van der Waals surface area contributed by atoms with Crippen LogP contribution in [0.1, 0.15) is 38.5 Å². The van der Waals surface area contributed by atoms with Gasteiger partial charge in [-0.1, -0.05) is 0 Å². The van der Waals surface area contributed by atoms with Gasteiger partial charge in [-0.3, -0.25) is 9.59 Å². The minimum absolute atomic E-state index is 0.112. The lowest BCUT2D eigenvalue weighted by Gasteiger charge is -2.37. The first-order chi connectivity index (χ1) is 13.4. The first-order valence-electron chi connectivity index (χ1n) is 10.1. The maximum atomic E-state index is 12.5. The molecule has 1 N–H and O–H groups in total. The van der Waals surface area contributed by atoms with Gasteiger partial charge in [0.2, 0.25) is 11.5 Å². The van der Waals surface area contributed by atoms with Gasteiger partial charge in [-0.05, 0) is 70.5 Å². The van der Waals surface area contributed by atoms with Crippen LogP contribution in [0, 0.1) is 0 Å². The van der Waals surface area contributed by atoms with Crippen LogP contribution >= 0.6 is 0 Å². The van der Waals surface area contributed by atoms with E-state index in [1.165, 1.54) is 6.07 Å². The molecule has 0 saturated heterocycles. The normalized spacial score (nSPS) is 19.7. The van der Waals surface area contributed by atoms with Gasteiger partial charge < -0.3 is 19.5 Å². The van der Waals surface area contributed by atoms with E-state index in [-0.39, 0.29) is 11.5 Å². The number of nitrogens with one attached hydrogen (secondary N) is 1. The first kappa shape index (κ1) is 20.4. The van der Waals surface area contributed by atoms with Crippen molar-refractivity contribution in [2.75, 3.05) is 27.7 Å². The Morgan fingerprint density at radius 2 is 1.79 bits per heavy atom. The average Bonchev–Trinajstić information content (AvgIpc) is 2.70. The predicted octanol–water partition coefficient (Wildman–Crippen LogP) is 3.02. The van der Waals surface area contributed by atoms with E-state index in [1.807, 2.05) is 30.1 Å². The van der Waals surface area contributed by atoms with Gasteiger partial charge >= 0.3 is 0 Å². The molecule has 3 rings (SSSR count). The average molecular weight is 386 g/mol. The summed E-state index contributed by atoms with van der Waals surface area (Å²) < 4.78 is 5.79. The molecule has 1 amide bonds. The Balaban J connectivity index is 1.41. The van der Waals surface area contributed by atoms with E-state index in [0.29, 0.717) is 31.5 Å². The van der Waals surface area contributed by atoms with E-state index >= 15 is 0 Å². The summed E-state index contributed by atoms with van der Waals surface area (Å²) in [6.45, 7) is 0.502. The van der Waals surface area contributed by atoms with Crippen molar-refractivity contribution in [3.05, 3.63) is 40.7 Å². The number of benzene rings is 1. The molecular weight excluding hydrogens is 354 g/mol. The molecule has 0 unspecified atom stereocenters. The molecule has 1 heterocycles. The van der Waals surface area contributed by atoms with Crippen molar-refractivity contribution in [1.29, 1.82) is 0 Å². The molecule has 0 atom stereocenters. The highest BCUT2D eigenvalue weighted by atomic mass is 16.5. The molecule has 0 aliphatic heterocycles. The van der Waals surface area contributed by atoms with Crippen LogP contribution in [0.25, 0.3) is 10.9 Å². The molecule has 6 heteroatoms. The third-order valence-electron chi connectivity index (χ3n) is 5.84. The minimum atomic E-state index is -0.112. The fourth-order valence-electron chi connectivity index (χ4n) is 3.98. The number of hydrogen-bond donors (Lipinski definition) is 1. The quantitative estimate of drug-likeness (QED) is 0.744. The zero-order valence-electron chi connectivity index (χ0n) is 17.1. The molecule has 1 aliphatic carbocycles. The third-order valence-corrected chi connectivity index (χ3v) is 5.84. The Hall–Kier alpha value is -2.34. The highest BCUT2D eigenvalue weighted by Crippen LogP contribution is 2.25. The second kappa shape index (κ2) is 9.24. The van der Waals surface area contributed by atoms with Crippen molar-refractivity contribution in [2.24, 2.45) is 0 Å². The van der Waals surface area contributed by atoms with Crippen LogP contribution in [0.15, 0.2) is 35.1 Å². The van der Waals surface area contributed by atoms with Gasteiger partial charge in [0.1, 0.15) is 5.75 Å². The highest BCUT2D eigenvalue weighted by Gasteiger charge is 2.27. The van der Waals surface area contributed by atoms with E-state index in [9.17, 15) is 9.59 Å². The van der Waals surface area contributed by atoms with Gasteiger partial charge in [0.15, 0.2) is 0 Å². The number of H-pyrrole nitrogens is 1. The van der Waals surface area contributed by atoms with Gasteiger partial charge in [0.25, 0.3) is 0 Å². The zero-order chi connectivity index (χ0) is 20.1. The SMILES string of the molecule is CN(C)C1CCC(N(C)C(=O)CCCOc2ccc3[nH]c(=O)ccc3c2)CC1. The summed E-state index contributed by atoms with van der Waals surface area (Å²) in [5.74, 6) is 0.954. The molecular formula is C22H31N3O3. The summed E-state index contributed by atoms with van der Waals surface area (Å²) >= 11 is 0. The van der Waals surface area contributed by atoms with Crippen LogP contribution in [-0.4, -0.2) is 60.5 Å². The summed E-state index contributed by atoms with van der Waals surface area (Å²) in [7, 11) is 6.21. The van der Waals surface area contributed by atoms with Crippen molar-refractivity contribution in [1.82, 2.24) is 14.8 Å². The number of ether oxygens (including phenoxy) is 1. The lowest BCUT2D eigenvalue weighted by Crippen LogP contribution is -2.43. The molecule has 1 aliphatic rings. The maximum absolute atomic E-state index is 12.5. The van der Waals surface area contributed by atoms with E-state index in [2.05, 4.69) is 24.0 Å². The fraction of sp³-hybridized carbons (Fsp3) is 0.545. The highest BCUT2D eigenvalue weighted by molar-refractivity contribution is 5.79. The monoisotopic (exact) mass is 385 g/mol. The molecule has 152 valence electrons. The number of carbonyl (C=O) groups excluding carboxylic acids is 1. The van der Waals surface area contributed by atoms with Crippen molar-refractivity contribution in [3.63, 3.8) is 0 Å². The molecule has 1 saturated carbocycles. The Morgan fingerprint density at radius 1 is 1.07 bits per heavy atom. The third kappa shape index (κ3) is 5.13. The molecule has 1 aromatic heterocycles. The molecule has 6 nitrogen and oxygen atoms in total. The summed E-state index contributed by atoms with van der Waals surface area (Å²) in [5.41, 5.74) is 0.680. The first-order valence-corrected chi connectivity index (χ1v) is 10.1. The Morgan fingerprint density at radius 3 is 2.50 bits per heavy atom. The number of pyridine rings is 1. The van der Waals surface area contributed by atoms with E-state index in [0.717, 1.165) is 42.3 Å². The van der Waals surface area contributed by atoms with Gasteiger partial charge in [-0.15, -0.1) is 0 Å². The second-order valence-electron chi connectivity index (χ2n) is 7.95. The number of amides is 1. The van der Waals surface area contributed by atoms with Crippen molar-refractivity contribution in [2.45, 2.75) is 50.6 Å². The number of aromatic amines is 1. The van der Waals surface area contributed by atoms with Crippen molar-refractivity contribution in [3.8, 4) is 5.75 Å². The Bertz CT molecular complexity index is 853. The molecule has 0 bridgehead atoms. The number of hydrogen-bond acceptors (Lipinski definition) is 4. The van der Waals surface area contributed by atoms with Gasteiger partial charge in [0, 0.05) is 42.5 Å². The predicted molar refractivity (Wildman–Crippen MR) is 112 cm³/mol. The standard InChI is InChI=1S/C22H31N3O3/c1-24(2)17-7-9-18(10-8-17)25(3)22(27)5-4-14-28-19-11-12-20-16(15-19)6-13-21(26)23-20/h6,11-13,15,17-18H,4-5,7-10,14H2,1-3H3,(H,23,26). The van der Waals surface area contributed by atoms with Gasteiger partial charge in [-0.25, -0.2) is 0 Å². The van der Waals surface area contributed by atoms with Gasteiger partial charge in [0.05, 0.1) is 6.61 Å². The molecule has 2 aromatic rings. The van der Waals surface area contributed by atoms with E-state index in [4.69, 9.17) is 4.74 Å². The van der Waals surface area contributed by atoms with Gasteiger partial charge in [-0.2, -0.15) is 0 Å². The number of carbonyl (C=O) groups is 1. The Labute approximate surface area is 166 Å². The number of fused-ring (bicyclic) bond motifs is 1. The molecule has 0 spiro atoms. The topological polar surface area (TPSA) is 65.6 Å². The van der Waals surface area contributed by atoms with Crippen molar-refractivity contribution < 1.29 is 9.53 Å². The lowest BCUT2D eigenvalue weighted by molar-refractivity contribution is -0.133.